The lowest BCUT2D eigenvalue weighted by Crippen LogP contribution is -2.35. The number of carbonyl (C=O) groups excluding carboxylic acids is 2. The van der Waals surface area contributed by atoms with E-state index >= 15 is 0 Å². The third-order valence-electron chi connectivity index (χ3n) is 3.79. The van der Waals surface area contributed by atoms with Crippen molar-refractivity contribution < 1.29 is 14.0 Å². The van der Waals surface area contributed by atoms with Gasteiger partial charge in [-0.25, -0.2) is 14.2 Å². The predicted octanol–water partition coefficient (Wildman–Crippen LogP) is 3.46. The lowest BCUT2D eigenvalue weighted by Gasteiger charge is -2.11. The van der Waals surface area contributed by atoms with Crippen LogP contribution in [0.15, 0.2) is 29.3 Å². The summed E-state index contributed by atoms with van der Waals surface area (Å²) in [5, 5.41) is 14.1. The number of urea groups is 1. The van der Waals surface area contributed by atoms with E-state index in [1.54, 1.807) is 6.07 Å². The number of rotatable bonds is 4. The number of benzene rings is 1. The summed E-state index contributed by atoms with van der Waals surface area (Å²) in [6.07, 6.45) is 0. The van der Waals surface area contributed by atoms with E-state index in [0.29, 0.717) is 10.6 Å². The van der Waals surface area contributed by atoms with Gasteiger partial charge in [-0.3, -0.25) is 10.1 Å². The monoisotopic (exact) mass is 372 g/mol. The number of anilines is 1. The van der Waals surface area contributed by atoms with Crippen molar-refractivity contribution in [2.75, 3.05) is 11.1 Å². The number of carbonyl (C=O) groups is 2. The van der Waals surface area contributed by atoms with E-state index in [0.717, 1.165) is 28.6 Å². The molecule has 0 aliphatic carbocycles. The summed E-state index contributed by atoms with van der Waals surface area (Å²) < 4.78 is 13.5. The number of hydrogen-bond donors (Lipinski definition) is 2. The van der Waals surface area contributed by atoms with Gasteiger partial charge in [0.05, 0.1) is 17.0 Å². The predicted molar refractivity (Wildman–Crippen MR) is 97.4 cm³/mol. The molecule has 0 radical (unpaired) electrons. The molecule has 1 aromatic heterocycles. The average Bonchev–Trinajstić information content (AvgIpc) is 2.60. The third-order valence-corrected chi connectivity index (χ3v) is 4.77. The second-order valence-corrected chi connectivity index (χ2v) is 6.47. The van der Waals surface area contributed by atoms with Gasteiger partial charge >= 0.3 is 6.03 Å². The fraction of sp³-hybridized carbons (Fsp3) is 0.222. The first-order valence-corrected chi connectivity index (χ1v) is 8.68. The van der Waals surface area contributed by atoms with E-state index < -0.39 is 17.8 Å². The van der Waals surface area contributed by atoms with Crippen molar-refractivity contribution in [1.29, 1.82) is 5.26 Å². The average molecular weight is 372 g/mol. The lowest BCUT2D eigenvalue weighted by atomic mass is 10.1. The second kappa shape index (κ2) is 8.45. The Balaban J connectivity index is 1.98. The molecule has 1 heterocycles. The summed E-state index contributed by atoms with van der Waals surface area (Å²) in [5.74, 6) is -1.28. The van der Waals surface area contributed by atoms with Crippen molar-refractivity contribution in [2.45, 2.75) is 25.8 Å². The third kappa shape index (κ3) is 4.58. The molecule has 2 N–H and O–H groups in total. The maximum Gasteiger partial charge on any atom is 0.325 e. The van der Waals surface area contributed by atoms with Crippen LogP contribution in [0.4, 0.5) is 14.9 Å². The van der Waals surface area contributed by atoms with E-state index in [4.69, 9.17) is 0 Å². The number of amides is 3. The lowest BCUT2D eigenvalue weighted by molar-refractivity contribution is -0.117. The summed E-state index contributed by atoms with van der Waals surface area (Å²) in [6, 6.07) is 6.91. The number of aryl methyl sites for hydroxylation is 1. The summed E-state index contributed by atoms with van der Waals surface area (Å²) >= 11 is 1.07. The number of pyridine rings is 1. The fourth-order valence-corrected chi connectivity index (χ4v) is 3.04. The number of halogens is 1. The largest absolute Gasteiger partial charge is 0.325 e. The molecule has 134 valence electrons. The number of nitriles is 1. The van der Waals surface area contributed by atoms with E-state index in [2.05, 4.69) is 21.7 Å². The van der Waals surface area contributed by atoms with Gasteiger partial charge in [-0.2, -0.15) is 5.26 Å². The molecule has 0 atom stereocenters. The minimum Gasteiger partial charge on any atom is -0.305 e. The van der Waals surface area contributed by atoms with E-state index in [-0.39, 0.29) is 11.4 Å². The molecule has 2 aromatic rings. The van der Waals surface area contributed by atoms with Crippen LogP contribution < -0.4 is 10.6 Å². The summed E-state index contributed by atoms with van der Waals surface area (Å²) in [4.78, 5) is 28.1. The zero-order valence-electron chi connectivity index (χ0n) is 14.5. The topological polar surface area (TPSA) is 94.9 Å². The molecule has 2 rings (SSSR count). The van der Waals surface area contributed by atoms with Crippen molar-refractivity contribution in [1.82, 2.24) is 10.3 Å². The van der Waals surface area contributed by atoms with E-state index in [1.807, 2.05) is 20.8 Å². The Morgan fingerprint density at radius 2 is 1.92 bits per heavy atom. The van der Waals surface area contributed by atoms with Gasteiger partial charge in [0.2, 0.25) is 5.91 Å². The Morgan fingerprint density at radius 3 is 2.58 bits per heavy atom. The van der Waals surface area contributed by atoms with Gasteiger partial charge in [0, 0.05) is 5.69 Å². The number of nitrogens with one attached hydrogen (secondary N) is 2. The highest BCUT2D eigenvalue weighted by molar-refractivity contribution is 8.00. The van der Waals surface area contributed by atoms with Gasteiger partial charge in [-0.15, -0.1) is 0 Å². The molecule has 0 unspecified atom stereocenters. The molecule has 0 aliphatic heterocycles. The van der Waals surface area contributed by atoms with Crippen LogP contribution in [-0.2, 0) is 4.79 Å². The molecule has 3 amide bonds. The maximum absolute atomic E-state index is 13.5. The van der Waals surface area contributed by atoms with Crippen molar-refractivity contribution in [3.8, 4) is 6.07 Å². The maximum atomic E-state index is 13.5. The summed E-state index contributed by atoms with van der Waals surface area (Å²) in [6.45, 7) is 5.54. The molecule has 0 fully saturated rings. The molecule has 0 saturated heterocycles. The SMILES string of the molecule is Cc1nc(SCC(=O)NC(=O)Nc2ccccc2F)c(C#N)c(C)c1C. The first-order valence-electron chi connectivity index (χ1n) is 7.69. The molecule has 0 bridgehead atoms. The van der Waals surface area contributed by atoms with Crippen LogP contribution in [-0.4, -0.2) is 22.7 Å². The Morgan fingerprint density at radius 1 is 1.23 bits per heavy atom. The van der Waals surface area contributed by atoms with Gasteiger partial charge in [-0.05, 0) is 44.0 Å². The first kappa shape index (κ1) is 19.4. The Labute approximate surface area is 154 Å². The number of nitrogens with zero attached hydrogens (tertiary/aromatic N) is 2. The molecule has 0 aliphatic rings. The van der Waals surface area contributed by atoms with E-state index in [9.17, 15) is 19.2 Å². The van der Waals surface area contributed by atoms with Gasteiger partial charge in [0.1, 0.15) is 16.9 Å². The van der Waals surface area contributed by atoms with Gasteiger partial charge in [0.15, 0.2) is 0 Å². The van der Waals surface area contributed by atoms with Crippen LogP contribution in [0.25, 0.3) is 0 Å². The van der Waals surface area contributed by atoms with Crippen LogP contribution in [0.1, 0.15) is 22.4 Å². The first-order chi connectivity index (χ1) is 12.3. The molecular weight excluding hydrogens is 355 g/mol. The quantitative estimate of drug-likeness (QED) is 0.802. The highest BCUT2D eigenvalue weighted by atomic mass is 32.2. The molecular formula is C18H17FN4O2S. The van der Waals surface area contributed by atoms with Crippen molar-refractivity contribution in [3.05, 3.63) is 52.5 Å². The molecule has 6 nitrogen and oxygen atoms in total. The normalized spacial score (nSPS) is 10.1. The Kier molecular flexibility index (Phi) is 6.31. The summed E-state index contributed by atoms with van der Waals surface area (Å²) in [5.41, 5.74) is 2.92. The number of thioether (sulfide) groups is 1. The molecule has 8 heteroatoms. The number of hydrogen-bond acceptors (Lipinski definition) is 5. The van der Waals surface area contributed by atoms with E-state index in [1.165, 1.54) is 18.2 Å². The highest BCUT2D eigenvalue weighted by Gasteiger charge is 2.15. The molecule has 26 heavy (non-hydrogen) atoms. The van der Waals surface area contributed by atoms with Crippen molar-refractivity contribution >= 4 is 29.4 Å². The number of aromatic nitrogens is 1. The minimum absolute atomic E-state index is 0.0244. The van der Waals surface area contributed by atoms with Crippen LogP contribution in [0, 0.1) is 37.9 Å². The standard InChI is InChI=1S/C18H17FN4O2S/c1-10-11(2)13(8-20)17(21-12(10)3)26-9-16(24)23-18(25)22-15-7-5-4-6-14(15)19/h4-7H,9H2,1-3H3,(H2,22,23,24,25). The molecule has 0 saturated carbocycles. The fourth-order valence-electron chi connectivity index (χ4n) is 2.16. The zero-order chi connectivity index (χ0) is 19.3. The highest BCUT2D eigenvalue weighted by Crippen LogP contribution is 2.26. The van der Waals surface area contributed by atoms with Crippen LogP contribution >= 0.6 is 11.8 Å². The minimum atomic E-state index is -0.828. The van der Waals surface area contributed by atoms with Crippen LogP contribution in [0.5, 0.6) is 0 Å². The Bertz CT molecular complexity index is 909. The van der Waals surface area contributed by atoms with Gasteiger partial charge in [-0.1, -0.05) is 23.9 Å². The molecule has 1 aromatic carbocycles. The summed E-state index contributed by atoms with van der Waals surface area (Å²) in [7, 11) is 0. The second-order valence-electron chi connectivity index (χ2n) is 5.51. The van der Waals surface area contributed by atoms with Crippen molar-refractivity contribution in [3.63, 3.8) is 0 Å². The van der Waals surface area contributed by atoms with Gasteiger partial charge < -0.3 is 5.32 Å². The smallest absolute Gasteiger partial charge is 0.305 e. The van der Waals surface area contributed by atoms with Crippen molar-refractivity contribution in [2.24, 2.45) is 0 Å². The van der Waals surface area contributed by atoms with Crippen LogP contribution in [0.2, 0.25) is 0 Å². The van der Waals surface area contributed by atoms with Crippen LogP contribution in [0.3, 0.4) is 0 Å². The Hall–Kier alpha value is -2.92. The number of imide groups is 1. The van der Waals surface area contributed by atoms with Gasteiger partial charge in [0.25, 0.3) is 0 Å². The molecule has 0 spiro atoms. The number of para-hydroxylation sites is 1. The zero-order valence-corrected chi connectivity index (χ0v) is 15.3.